The number of hydrogen-bond donors (Lipinski definition) is 1. The molecule has 5 heteroatoms. The Bertz CT molecular complexity index is 1700. The number of hydrogen-bond acceptors (Lipinski definition) is 4. The smallest absolute Gasteiger partial charge is 0.137 e. The number of morpholine rings is 1. The van der Waals surface area contributed by atoms with Gasteiger partial charge in [0.25, 0.3) is 0 Å². The monoisotopic (exact) mass is 526 g/mol. The van der Waals surface area contributed by atoms with Gasteiger partial charge in [-0.25, -0.2) is 4.98 Å². The molecule has 0 saturated carbocycles. The van der Waals surface area contributed by atoms with Gasteiger partial charge in [-0.2, -0.15) is 0 Å². The number of ether oxygens (including phenoxy) is 1. The molecule has 1 unspecified atom stereocenters. The van der Waals surface area contributed by atoms with Crippen molar-refractivity contribution in [3.05, 3.63) is 95.9 Å². The quantitative estimate of drug-likeness (QED) is 0.257. The molecule has 2 saturated heterocycles. The van der Waals surface area contributed by atoms with Crippen LogP contribution in [0.4, 0.5) is 0 Å². The van der Waals surface area contributed by atoms with Crippen LogP contribution in [-0.4, -0.2) is 51.2 Å². The highest BCUT2D eigenvalue weighted by Gasteiger charge is 2.42. The molecule has 5 aromatic rings. The van der Waals surface area contributed by atoms with Crippen molar-refractivity contribution in [1.82, 2.24) is 19.9 Å². The van der Waals surface area contributed by atoms with Gasteiger partial charge >= 0.3 is 0 Å². The van der Waals surface area contributed by atoms with E-state index in [1.54, 1.807) is 0 Å². The van der Waals surface area contributed by atoms with Crippen molar-refractivity contribution in [2.75, 3.05) is 13.2 Å². The van der Waals surface area contributed by atoms with Gasteiger partial charge in [-0.15, -0.1) is 0 Å². The second kappa shape index (κ2) is 9.69. The standard InChI is InChI=1S/C35H34N4O/c1-22-3-2-14-36-34(22)25-7-5-24(6-8-25)33-19-38-35-32(33)16-28(18-37-35)27-9-4-23-10-12-29(13-11-26(23)15-27)39-20-31-17-30(39)21-40-31/h2-9,14-16,18-19,29-31H,10-13,17,20-21H2,1H3,(H,37,38)/t29-,30-,31?/m0/s1. The van der Waals surface area contributed by atoms with Crippen LogP contribution in [0.5, 0.6) is 0 Å². The second-order valence-corrected chi connectivity index (χ2v) is 11.8. The molecule has 0 radical (unpaired) electrons. The van der Waals surface area contributed by atoms with Crippen LogP contribution in [0.1, 0.15) is 36.0 Å². The van der Waals surface area contributed by atoms with Gasteiger partial charge in [0.05, 0.1) is 18.4 Å². The Labute approximate surface area is 235 Å². The molecular weight excluding hydrogens is 492 g/mol. The molecule has 0 spiro atoms. The van der Waals surface area contributed by atoms with E-state index < -0.39 is 0 Å². The van der Waals surface area contributed by atoms with E-state index in [0.717, 1.165) is 41.9 Å². The van der Waals surface area contributed by atoms with E-state index in [0.29, 0.717) is 18.2 Å². The van der Waals surface area contributed by atoms with Gasteiger partial charge < -0.3 is 9.72 Å². The molecule has 1 N–H and O–H groups in total. The maximum absolute atomic E-state index is 5.87. The summed E-state index contributed by atoms with van der Waals surface area (Å²) in [7, 11) is 0. The van der Waals surface area contributed by atoms with Crippen LogP contribution in [0.2, 0.25) is 0 Å². The van der Waals surface area contributed by atoms with Crippen molar-refractivity contribution in [2.45, 2.75) is 57.2 Å². The summed E-state index contributed by atoms with van der Waals surface area (Å²) in [4.78, 5) is 15.5. The van der Waals surface area contributed by atoms with Crippen LogP contribution in [0.15, 0.2) is 79.3 Å². The number of aromatic amines is 1. The number of nitrogens with one attached hydrogen (secondary N) is 1. The first kappa shape index (κ1) is 24.0. The Kier molecular flexibility index (Phi) is 5.82. The Hall–Kier alpha value is -3.80. The van der Waals surface area contributed by atoms with Crippen molar-refractivity contribution >= 4 is 11.0 Å². The number of fused-ring (bicyclic) bond motifs is 4. The van der Waals surface area contributed by atoms with E-state index in [1.807, 2.05) is 18.5 Å². The summed E-state index contributed by atoms with van der Waals surface area (Å²) >= 11 is 0. The maximum atomic E-state index is 5.87. The Morgan fingerprint density at radius 1 is 0.850 bits per heavy atom. The topological polar surface area (TPSA) is 54.0 Å². The number of aromatic nitrogens is 3. The second-order valence-electron chi connectivity index (χ2n) is 11.8. The van der Waals surface area contributed by atoms with E-state index in [2.05, 4.69) is 82.6 Å². The third-order valence-electron chi connectivity index (χ3n) is 9.46. The zero-order chi connectivity index (χ0) is 26.6. The molecule has 3 aliphatic rings. The first-order valence-electron chi connectivity index (χ1n) is 14.7. The highest BCUT2D eigenvalue weighted by atomic mass is 16.5. The lowest BCUT2D eigenvalue weighted by molar-refractivity contribution is 0.00854. The summed E-state index contributed by atoms with van der Waals surface area (Å²) in [5.41, 5.74) is 12.1. The van der Waals surface area contributed by atoms with E-state index in [4.69, 9.17) is 9.72 Å². The first-order valence-corrected chi connectivity index (χ1v) is 14.7. The molecule has 40 heavy (non-hydrogen) atoms. The average Bonchev–Trinajstić information content (AvgIpc) is 3.70. The molecular formula is C35H34N4O. The molecule has 1 aliphatic carbocycles. The fourth-order valence-corrected chi connectivity index (χ4v) is 7.27. The lowest BCUT2D eigenvalue weighted by atomic mass is 9.96. The lowest BCUT2D eigenvalue weighted by Crippen LogP contribution is -2.44. The highest BCUT2D eigenvalue weighted by molar-refractivity contribution is 5.96. The predicted molar refractivity (Wildman–Crippen MR) is 160 cm³/mol. The summed E-state index contributed by atoms with van der Waals surface area (Å²) in [6.45, 7) is 4.17. The van der Waals surface area contributed by atoms with E-state index in [1.165, 1.54) is 64.6 Å². The summed E-state index contributed by atoms with van der Waals surface area (Å²) < 4.78 is 5.87. The van der Waals surface area contributed by atoms with Gasteiger partial charge in [0.2, 0.25) is 0 Å². The number of nitrogens with zero attached hydrogens (tertiary/aromatic N) is 3. The van der Waals surface area contributed by atoms with Crippen molar-refractivity contribution in [1.29, 1.82) is 0 Å². The van der Waals surface area contributed by atoms with Gasteiger partial charge in [-0.3, -0.25) is 9.88 Å². The number of pyridine rings is 2. The largest absolute Gasteiger partial charge is 0.375 e. The SMILES string of the molecule is Cc1cccnc1-c1ccc(-c2c[nH]c3ncc(-c4ccc5c(c4)CC[C@@H](N4CC6C[C@H]4CO6)CC5)cc23)cc1. The minimum absolute atomic E-state index is 0.478. The molecule has 2 aromatic carbocycles. The first-order chi connectivity index (χ1) is 19.7. The van der Waals surface area contributed by atoms with E-state index >= 15 is 0 Å². The molecule has 3 aromatic heterocycles. The van der Waals surface area contributed by atoms with Gasteiger partial charge in [0.15, 0.2) is 0 Å². The molecule has 8 rings (SSSR count). The van der Waals surface area contributed by atoms with Gasteiger partial charge in [0, 0.05) is 59.3 Å². The number of rotatable bonds is 4. The van der Waals surface area contributed by atoms with Gasteiger partial charge in [-0.1, -0.05) is 48.5 Å². The van der Waals surface area contributed by atoms with Crippen molar-refractivity contribution in [3.8, 4) is 33.5 Å². The molecule has 5 nitrogen and oxygen atoms in total. The Balaban J connectivity index is 1.06. The molecule has 0 amide bonds. The predicted octanol–water partition coefficient (Wildman–Crippen LogP) is 6.99. The van der Waals surface area contributed by atoms with Crippen molar-refractivity contribution < 1.29 is 4.74 Å². The molecule has 5 heterocycles. The Morgan fingerprint density at radius 2 is 1.68 bits per heavy atom. The van der Waals surface area contributed by atoms with Crippen LogP contribution in [0.25, 0.3) is 44.5 Å². The number of aryl methyl sites for hydroxylation is 3. The van der Waals surface area contributed by atoms with Crippen LogP contribution >= 0.6 is 0 Å². The number of likely N-dealkylation sites (tertiary alicyclic amines) is 1. The van der Waals surface area contributed by atoms with Gasteiger partial charge in [0.1, 0.15) is 5.65 Å². The lowest BCUT2D eigenvalue weighted by Gasteiger charge is -2.34. The molecule has 2 aliphatic heterocycles. The summed E-state index contributed by atoms with van der Waals surface area (Å²) in [5.74, 6) is 0. The average molecular weight is 527 g/mol. The third-order valence-corrected chi connectivity index (χ3v) is 9.46. The van der Waals surface area contributed by atoms with Crippen LogP contribution < -0.4 is 0 Å². The molecule has 3 atom stereocenters. The molecule has 2 bridgehead atoms. The van der Waals surface area contributed by atoms with Crippen LogP contribution in [0.3, 0.4) is 0 Å². The number of benzene rings is 2. The number of H-pyrrole nitrogens is 1. The Morgan fingerprint density at radius 3 is 2.48 bits per heavy atom. The minimum atomic E-state index is 0.478. The van der Waals surface area contributed by atoms with E-state index in [-0.39, 0.29) is 0 Å². The summed E-state index contributed by atoms with van der Waals surface area (Å²) in [6, 6.07) is 23.5. The maximum Gasteiger partial charge on any atom is 0.137 e. The van der Waals surface area contributed by atoms with Crippen molar-refractivity contribution in [2.24, 2.45) is 0 Å². The fourth-order valence-electron chi connectivity index (χ4n) is 7.27. The zero-order valence-electron chi connectivity index (χ0n) is 22.9. The zero-order valence-corrected chi connectivity index (χ0v) is 22.9. The highest BCUT2D eigenvalue weighted by Crippen LogP contribution is 2.36. The van der Waals surface area contributed by atoms with Crippen LogP contribution in [-0.2, 0) is 17.6 Å². The fraction of sp³-hybridized carbons (Fsp3) is 0.314. The minimum Gasteiger partial charge on any atom is -0.375 e. The summed E-state index contributed by atoms with van der Waals surface area (Å²) in [5, 5.41) is 1.15. The van der Waals surface area contributed by atoms with Crippen molar-refractivity contribution in [3.63, 3.8) is 0 Å². The normalized spacial score (nSPS) is 22.5. The van der Waals surface area contributed by atoms with E-state index in [9.17, 15) is 0 Å². The summed E-state index contributed by atoms with van der Waals surface area (Å²) in [6.07, 6.45) is 12.5. The van der Waals surface area contributed by atoms with Crippen LogP contribution in [0, 0.1) is 6.92 Å². The molecule has 200 valence electrons. The van der Waals surface area contributed by atoms with Gasteiger partial charge in [-0.05, 0) is 79.0 Å². The molecule has 2 fully saturated rings. The third kappa shape index (κ3) is 4.16.